The Morgan fingerprint density at radius 1 is 0.947 bits per heavy atom. The van der Waals surface area contributed by atoms with Gasteiger partial charge >= 0.3 is 0 Å². The van der Waals surface area contributed by atoms with Gasteiger partial charge in [0, 0.05) is 0 Å². The Morgan fingerprint density at radius 3 is 1.58 bits per heavy atom. The van der Waals surface area contributed by atoms with Gasteiger partial charge in [-0.1, -0.05) is 0 Å². The lowest BCUT2D eigenvalue weighted by molar-refractivity contribution is -0.0370. The minimum Gasteiger partial charge on any atom is -0.323 e. The van der Waals surface area contributed by atoms with E-state index in [1.807, 2.05) is 14.1 Å². The van der Waals surface area contributed by atoms with Gasteiger partial charge in [-0.2, -0.15) is 8.42 Å². The van der Waals surface area contributed by atoms with Crippen molar-refractivity contribution in [3.05, 3.63) is 0 Å². The molecule has 0 aliphatic heterocycles. The summed E-state index contributed by atoms with van der Waals surface area (Å²) in [5.41, 5.74) is 0. The lowest BCUT2D eigenvalue weighted by atomic mass is 10.1. The lowest BCUT2D eigenvalue weighted by Gasteiger charge is -2.19. The van der Waals surface area contributed by atoms with Gasteiger partial charge in [-0.3, -0.25) is 4.55 Å². The first-order valence-electron chi connectivity index (χ1n) is 4.86. The smallest absolute Gasteiger partial charge is 0.272 e. The van der Waals surface area contributed by atoms with E-state index in [4.69, 9.17) is 4.55 Å². The Morgan fingerprint density at radius 2 is 1.32 bits per heavy atom. The second kappa shape index (κ2) is 9.37. The molecule has 0 amide bonds. The summed E-state index contributed by atoms with van der Waals surface area (Å²) < 4.78 is 101. The number of hydrogen-bond acceptors (Lipinski definition) is 3. The van der Waals surface area contributed by atoms with Gasteiger partial charge in [0.2, 0.25) is 0 Å². The normalized spacial score (nSPS) is 18.2. The SMILES string of the molecule is CNC.O=S(=O)(O)CC(F)C(F)C(F)C(F)C(F)F. The van der Waals surface area contributed by atoms with E-state index in [2.05, 4.69) is 5.32 Å². The highest BCUT2D eigenvalue weighted by molar-refractivity contribution is 7.85. The molecule has 19 heavy (non-hydrogen) atoms. The van der Waals surface area contributed by atoms with Gasteiger partial charge in [0.25, 0.3) is 16.5 Å². The quantitative estimate of drug-likeness (QED) is 0.572. The summed E-state index contributed by atoms with van der Waals surface area (Å²) in [5.74, 6) is -1.83. The molecule has 0 bridgehead atoms. The van der Waals surface area contributed by atoms with Crippen molar-refractivity contribution in [1.82, 2.24) is 5.32 Å². The molecule has 4 atom stereocenters. The number of alkyl halides is 6. The maximum absolute atomic E-state index is 12.6. The molecule has 0 rings (SSSR count). The van der Waals surface area contributed by atoms with Crippen molar-refractivity contribution in [2.75, 3.05) is 19.8 Å². The molecule has 0 saturated carbocycles. The summed E-state index contributed by atoms with van der Waals surface area (Å²) in [6, 6.07) is 0. The predicted molar refractivity (Wildman–Crippen MR) is 57.0 cm³/mol. The third-order valence-corrected chi connectivity index (χ3v) is 2.30. The number of nitrogens with one attached hydrogen (secondary N) is 1. The molecule has 4 unspecified atom stereocenters. The fourth-order valence-corrected chi connectivity index (χ4v) is 1.39. The van der Waals surface area contributed by atoms with E-state index in [0.29, 0.717) is 0 Å². The number of halogens is 6. The van der Waals surface area contributed by atoms with E-state index in [0.717, 1.165) is 0 Å². The first-order valence-corrected chi connectivity index (χ1v) is 6.46. The van der Waals surface area contributed by atoms with Gasteiger partial charge in [-0.25, -0.2) is 26.3 Å². The van der Waals surface area contributed by atoms with Crippen molar-refractivity contribution in [1.29, 1.82) is 0 Å². The molecule has 0 aromatic heterocycles. The van der Waals surface area contributed by atoms with E-state index in [1.54, 1.807) is 0 Å². The Labute approximate surface area is 106 Å². The summed E-state index contributed by atoms with van der Waals surface area (Å²) in [6.07, 6.45) is -17.4. The maximum atomic E-state index is 12.6. The highest BCUT2D eigenvalue weighted by Crippen LogP contribution is 2.22. The van der Waals surface area contributed by atoms with E-state index < -0.39 is 47.0 Å². The minimum absolute atomic E-state index is 1.83. The van der Waals surface area contributed by atoms with Gasteiger partial charge in [0.1, 0.15) is 5.75 Å². The molecule has 0 heterocycles. The minimum atomic E-state index is -4.94. The summed E-state index contributed by atoms with van der Waals surface area (Å²) in [6.45, 7) is 0. The number of hydrogen-bond donors (Lipinski definition) is 2. The zero-order valence-electron chi connectivity index (χ0n) is 10.0. The molecular weight excluding hydrogens is 304 g/mol. The van der Waals surface area contributed by atoms with Crippen LogP contribution >= 0.6 is 0 Å². The molecule has 0 aliphatic rings. The molecule has 2 N–H and O–H groups in total. The molecule has 0 saturated heterocycles. The Bertz CT molecular complexity index is 328. The second-order valence-corrected chi connectivity index (χ2v) is 4.93. The third-order valence-electron chi connectivity index (χ3n) is 1.56. The van der Waals surface area contributed by atoms with E-state index >= 15 is 0 Å². The van der Waals surface area contributed by atoms with Crippen LogP contribution in [0.1, 0.15) is 0 Å². The molecular formula is C8H15F6NO3S. The largest absolute Gasteiger partial charge is 0.323 e. The van der Waals surface area contributed by atoms with Crippen LogP contribution in [0, 0.1) is 0 Å². The lowest BCUT2D eigenvalue weighted by Crippen LogP contribution is -2.40. The van der Waals surface area contributed by atoms with Crippen LogP contribution in [0.25, 0.3) is 0 Å². The fourth-order valence-electron chi connectivity index (χ4n) is 0.807. The van der Waals surface area contributed by atoms with Crippen LogP contribution in [0.2, 0.25) is 0 Å². The van der Waals surface area contributed by atoms with Gasteiger partial charge < -0.3 is 5.32 Å². The first kappa shape index (κ1) is 20.8. The van der Waals surface area contributed by atoms with E-state index in [-0.39, 0.29) is 0 Å². The van der Waals surface area contributed by atoms with Crippen LogP contribution in [0.3, 0.4) is 0 Å². The topological polar surface area (TPSA) is 66.4 Å². The second-order valence-electron chi connectivity index (χ2n) is 3.43. The van der Waals surface area contributed by atoms with Crippen LogP contribution in [0.15, 0.2) is 0 Å². The van der Waals surface area contributed by atoms with Crippen LogP contribution in [0.4, 0.5) is 26.3 Å². The molecule has 0 aromatic rings. The maximum Gasteiger partial charge on any atom is 0.272 e. The Kier molecular flexibility index (Phi) is 10.2. The van der Waals surface area contributed by atoms with Gasteiger partial charge in [0.05, 0.1) is 0 Å². The van der Waals surface area contributed by atoms with Crippen molar-refractivity contribution in [3.8, 4) is 0 Å². The van der Waals surface area contributed by atoms with Gasteiger partial charge in [-0.05, 0) is 14.1 Å². The van der Waals surface area contributed by atoms with Crippen LogP contribution in [-0.4, -0.2) is 63.9 Å². The molecule has 0 aromatic carbocycles. The Balaban J connectivity index is 0. The monoisotopic (exact) mass is 319 g/mol. The molecule has 0 aliphatic carbocycles. The van der Waals surface area contributed by atoms with Crippen molar-refractivity contribution in [3.63, 3.8) is 0 Å². The third kappa shape index (κ3) is 9.96. The highest BCUT2D eigenvalue weighted by Gasteiger charge is 2.41. The van der Waals surface area contributed by atoms with Crippen molar-refractivity contribution < 1.29 is 39.3 Å². The van der Waals surface area contributed by atoms with Gasteiger partial charge in [0.15, 0.2) is 24.7 Å². The van der Waals surface area contributed by atoms with Crippen LogP contribution < -0.4 is 5.32 Å². The van der Waals surface area contributed by atoms with Crippen molar-refractivity contribution in [2.45, 2.75) is 31.1 Å². The van der Waals surface area contributed by atoms with E-state index in [9.17, 15) is 34.8 Å². The van der Waals surface area contributed by atoms with E-state index in [1.165, 1.54) is 0 Å². The van der Waals surface area contributed by atoms with Crippen molar-refractivity contribution in [2.24, 2.45) is 0 Å². The van der Waals surface area contributed by atoms with Crippen LogP contribution in [-0.2, 0) is 10.1 Å². The summed E-state index contributed by atoms with van der Waals surface area (Å²) >= 11 is 0. The summed E-state index contributed by atoms with van der Waals surface area (Å²) in [7, 11) is -1.19. The molecule has 118 valence electrons. The number of rotatable bonds is 6. The molecule has 11 heteroatoms. The standard InChI is InChI=1S/C6H8F6O3S.C2H7N/c7-2(1-16(13,14)15)3(8)4(9)5(10)6(11)12;1-3-2/h2-6H,1H2,(H,13,14,15);3H,1-2H3. The highest BCUT2D eigenvalue weighted by atomic mass is 32.2. The molecule has 0 radical (unpaired) electrons. The molecule has 0 fully saturated rings. The van der Waals surface area contributed by atoms with Crippen molar-refractivity contribution >= 4 is 10.1 Å². The van der Waals surface area contributed by atoms with Gasteiger partial charge in [-0.15, -0.1) is 0 Å². The summed E-state index contributed by atoms with van der Waals surface area (Å²) in [5, 5.41) is 2.75. The molecule has 0 spiro atoms. The van der Waals surface area contributed by atoms with Crippen LogP contribution in [0.5, 0.6) is 0 Å². The zero-order valence-corrected chi connectivity index (χ0v) is 10.9. The molecule has 4 nitrogen and oxygen atoms in total. The first-order chi connectivity index (χ1) is 8.47. The fraction of sp³-hybridized carbons (Fsp3) is 1.00. The predicted octanol–water partition coefficient (Wildman–Crippen LogP) is 1.33. The average Bonchev–Trinajstić information content (AvgIpc) is 2.24. The Hall–Kier alpha value is -0.550. The summed E-state index contributed by atoms with van der Waals surface area (Å²) in [4.78, 5) is 0. The zero-order chi connectivity index (χ0) is 15.8. The average molecular weight is 319 g/mol.